The first-order valence-corrected chi connectivity index (χ1v) is 2.56. The van der Waals surface area contributed by atoms with Crippen molar-refractivity contribution in [3.05, 3.63) is 0 Å². The molecular weight excluding hydrogens is 128 g/mol. The molecule has 10 heavy (non-hydrogen) atoms. The molecule has 0 rings (SSSR count). The number of carbonyl (C=O) groups is 1. The fourth-order valence-electron chi connectivity index (χ4n) is 0.235. The number of hydrogen-bond donors (Lipinski definition) is 1. The summed E-state index contributed by atoms with van der Waals surface area (Å²) in [4.78, 5) is 10.3. The van der Waals surface area contributed by atoms with Crippen LogP contribution in [0.15, 0.2) is 0 Å². The van der Waals surface area contributed by atoms with Crippen molar-refractivity contribution in [1.82, 2.24) is 0 Å². The zero-order chi connectivity index (χ0) is 7.98. The summed E-state index contributed by atoms with van der Waals surface area (Å²) in [7, 11) is 7.32. The van der Waals surface area contributed by atoms with E-state index in [1.807, 2.05) is 0 Å². The molecule has 1 unspecified atom stereocenters. The second-order valence-electron chi connectivity index (χ2n) is 1.45. The van der Waals surface area contributed by atoms with E-state index in [1.54, 1.807) is 0 Å². The molecular formula is C5H5B2NO2. The van der Waals surface area contributed by atoms with E-state index in [-0.39, 0.29) is 0 Å². The molecule has 5 heteroatoms. The maximum absolute atomic E-state index is 10.3. The van der Waals surface area contributed by atoms with Gasteiger partial charge in [-0.2, -0.15) is 0 Å². The Morgan fingerprint density at radius 1 is 1.90 bits per heavy atom. The molecule has 2 radical (unpaired) electrons. The first-order chi connectivity index (χ1) is 4.70. The van der Waals surface area contributed by atoms with E-state index >= 15 is 0 Å². The van der Waals surface area contributed by atoms with E-state index in [0.29, 0.717) is 0 Å². The summed E-state index contributed by atoms with van der Waals surface area (Å²) in [5, 5.41) is 6.61. The van der Waals surface area contributed by atoms with E-state index in [0.717, 1.165) is 7.07 Å². The van der Waals surface area contributed by atoms with Crippen molar-refractivity contribution in [2.45, 2.75) is 5.72 Å². The van der Waals surface area contributed by atoms with Crippen molar-refractivity contribution in [3.8, 4) is 11.8 Å². The average Bonchev–Trinajstić information content (AvgIpc) is 1.99. The van der Waals surface area contributed by atoms with Gasteiger partial charge in [0.25, 0.3) is 0 Å². The molecule has 0 saturated carbocycles. The molecule has 0 aromatic heterocycles. The van der Waals surface area contributed by atoms with Crippen LogP contribution in [0.1, 0.15) is 0 Å². The number of ether oxygens (including phenoxy) is 1. The van der Waals surface area contributed by atoms with Gasteiger partial charge in [0.2, 0.25) is 0 Å². The van der Waals surface area contributed by atoms with Crippen LogP contribution in [-0.2, 0) is 9.53 Å². The molecule has 0 aliphatic carbocycles. The van der Waals surface area contributed by atoms with Crippen molar-refractivity contribution in [2.24, 2.45) is 0 Å². The van der Waals surface area contributed by atoms with Gasteiger partial charge >= 0.3 is 60.4 Å². The predicted octanol–water partition coefficient (Wildman–Crippen LogP) is -0.456. The van der Waals surface area contributed by atoms with Crippen molar-refractivity contribution < 1.29 is 9.53 Å². The molecule has 1 N–H and O–H groups in total. The zero-order valence-electron chi connectivity index (χ0n) is 5.55. The van der Waals surface area contributed by atoms with Crippen molar-refractivity contribution in [2.75, 3.05) is 7.11 Å². The molecule has 1 atom stereocenters. The fraction of sp³-hybridized carbons (Fsp3) is 0.400. The van der Waals surface area contributed by atoms with E-state index in [4.69, 9.17) is 13.2 Å². The van der Waals surface area contributed by atoms with Crippen LogP contribution < -0.4 is 0 Å². The van der Waals surface area contributed by atoms with Crippen LogP contribution in [0.2, 0.25) is 5.72 Å². The standard InChI is InChI=1S/C5H5B2NO2/c1-10-5(9)3-2-4(6)7-8/h4,8H,1H3. The quantitative estimate of drug-likeness (QED) is 0.227. The summed E-state index contributed by atoms with van der Waals surface area (Å²) in [6, 6.07) is 0. The van der Waals surface area contributed by atoms with E-state index in [9.17, 15) is 4.79 Å². The van der Waals surface area contributed by atoms with Gasteiger partial charge in [-0.1, -0.05) is 0 Å². The Morgan fingerprint density at radius 3 is 2.90 bits per heavy atom. The molecule has 0 fully saturated rings. The summed E-state index contributed by atoms with van der Waals surface area (Å²) >= 11 is 0. The summed E-state index contributed by atoms with van der Waals surface area (Å²) in [5.74, 6) is 3.75. The minimum atomic E-state index is -0.681. The SMILES string of the molecule is [B]C(B=N)C#CC(=O)OC. The number of esters is 1. The number of rotatable bonds is 1. The molecule has 0 aromatic carbocycles. The van der Waals surface area contributed by atoms with Crippen LogP contribution in [0.25, 0.3) is 0 Å². The summed E-state index contributed by atoms with van der Waals surface area (Å²) in [6.07, 6.45) is 0. The van der Waals surface area contributed by atoms with Gasteiger partial charge in [-0.15, -0.1) is 0 Å². The predicted molar refractivity (Wildman–Crippen MR) is 37.8 cm³/mol. The van der Waals surface area contributed by atoms with Gasteiger partial charge in [0, 0.05) is 0 Å². The van der Waals surface area contributed by atoms with Crippen LogP contribution in [-0.4, -0.2) is 28.0 Å². The molecule has 0 bridgehead atoms. The zero-order valence-corrected chi connectivity index (χ0v) is 5.55. The first kappa shape index (κ1) is 8.96. The van der Waals surface area contributed by atoms with Gasteiger partial charge in [0.05, 0.1) is 0 Å². The van der Waals surface area contributed by atoms with E-state index in [2.05, 4.69) is 16.6 Å². The van der Waals surface area contributed by atoms with Gasteiger partial charge in [0.15, 0.2) is 0 Å². The molecule has 0 saturated heterocycles. The fourth-order valence-corrected chi connectivity index (χ4v) is 0.235. The monoisotopic (exact) mass is 133 g/mol. The van der Waals surface area contributed by atoms with Gasteiger partial charge in [-0.3, -0.25) is 0 Å². The number of methoxy groups -OCH3 is 1. The van der Waals surface area contributed by atoms with Crippen LogP contribution in [0.5, 0.6) is 0 Å². The molecule has 0 aromatic rings. The topological polar surface area (TPSA) is 50.2 Å². The normalized spacial score (nSPS) is 10.1. The van der Waals surface area contributed by atoms with E-state index < -0.39 is 11.7 Å². The second kappa shape index (κ2) is 4.80. The number of hydrogen-bond acceptors (Lipinski definition) is 3. The number of carbonyl (C=O) groups excluding carboxylic acids is 1. The molecule has 3 nitrogen and oxygen atoms in total. The van der Waals surface area contributed by atoms with Crippen LogP contribution in [0.3, 0.4) is 0 Å². The molecule has 0 amide bonds. The van der Waals surface area contributed by atoms with Crippen LogP contribution in [0.4, 0.5) is 0 Å². The Labute approximate surface area is 61.3 Å². The van der Waals surface area contributed by atoms with Gasteiger partial charge in [0.1, 0.15) is 0 Å². The Hall–Kier alpha value is -1.04. The second-order valence-corrected chi connectivity index (χ2v) is 1.45. The summed E-state index contributed by atoms with van der Waals surface area (Å²) in [6.45, 7) is 0. The van der Waals surface area contributed by atoms with Crippen molar-refractivity contribution in [3.63, 3.8) is 0 Å². The average molecular weight is 133 g/mol. The van der Waals surface area contributed by atoms with Gasteiger partial charge < -0.3 is 0 Å². The molecule has 0 heterocycles. The van der Waals surface area contributed by atoms with Gasteiger partial charge in [-0.05, 0) is 0 Å². The Balaban J connectivity index is 3.90. The summed E-state index contributed by atoms with van der Waals surface area (Å²) in [5.41, 5.74) is -0.681. The third-order valence-corrected chi connectivity index (χ3v) is 0.706. The first-order valence-electron chi connectivity index (χ1n) is 2.56. The molecule has 0 aliphatic rings. The molecule has 0 spiro atoms. The van der Waals surface area contributed by atoms with Crippen molar-refractivity contribution in [1.29, 1.82) is 5.31 Å². The third-order valence-electron chi connectivity index (χ3n) is 0.706. The van der Waals surface area contributed by atoms with Crippen molar-refractivity contribution >= 4 is 20.9 Å². The Morgan fingerprint density at radius 2 is 2.50 bits per heavy atom. The minimum absolute atomic E-state index is 0.641. The number of nitrogens with one attached hydrogen (secondary N) is 1. The third kappa shape index (κ3) is 3.90. The Bertz CT molecular complexity index is 194. The Kier molecular flexibility index (Phi) is 4.30. The van der Waals surface area contributed by atoms with E-state index in [1.165, 1.54) is 7.11 Å². The van der Waals surface area contributed by atoms with Gasteiger partial charge in [-0.25, -0.2) is 0 Å². The molecule has 0 aliphatic heterocycles. The maximum atomic E-state index is 10.3. The van der Waals surface area contributed by atoms with Crippen LogP contribution >= 0.6 is 0 Å². The summed E-state index contributed by atoms with van der Waals surface area (Å²) < 4.78 is 4.20. The molecule has 48 valence electrons. The van der Waals surface area contributed by atoms with Crippen LogP contribution in [0, 0.1) is 17.2 Å².